The van der Waals surface area contributed by atoms with E-state index in [2.05, 4.69) is 25.6 Å². The van der Waals surface area contributed by atoms with Crippen LogP contribution >= 0.6 is 0 Å². The first kappa shape index (κ1) is 14.9. The zero-order chi connectivity index (χ0) is 18.0. The Labute approximate surface area is 153 Å². The lowest BCUT2D eigenvalue weighted by Crippen LogP contribution is -2.49. The van der Waals surface area contributed by atoms with Crippen LogP contribution in [0.5, 0.6) is 0 Å². The van der Waals surface area contributed by atoms with E-state index in [0.717, 1.165) is 36.3 Å². The van der Waals surface area contributed by atoms with Gasteiger partial charge in [-0.05, 0) is 30.7 Å². The van der Waals surface area contributed by atoms with Gasteiger partial charge < -0.3 is 5.32 Å². The van der Waals surface area contributed by atoms with Crippen LogP contribution < -0.4 is 15.4 Å². The molecule has 0 aliphatic carbocycles. The molecule has 3 aliphatic heterocycles. The van der Waals surface area contributed by atoms with Crippen LogP contribution in [0.25, 0.3) is 5.69 Å². The zero-order valence-electron chi connectivity index (χ0n) is 14.3. The molecule has 2 atom stereocenters. The molecule has 0 radical (unpaired) electrons. The van der Waals surface area contributed by atoms with Crippen molar-refractivity contribution in [2.24, 2.45) is 4.99 Å². The molecule has 10 heteroatoms. The summed E-state index contributed by atoms with van der Waals surface area (Å²) in [5.74, 6) is 0.588. The molecular formula is C17H16FN9. The molecule has 2 unspecified atom stereocenters. The Kier molecular flexibility index (Phi) is 2.95. The summed E-state index contributed by atoms with van der Waals surface area (Å²) in [6, 6.07) is 7.85. The van der Waals surface area contributed by atoms with Gasteiger partial charge in [-0.1, -0.05) is 18.2 Å². The first-order valence-corrected chi connectivity index (χ1v) is 8.91. The third kappa shape index (κ3) is 2.01. The van der Waals surface area contributed by atoms with Crippen molar-refractivity contribution in [3.05, 3.63) is 54.0 Å². The van der Waals surface area contributed by atoms with Crippen molar-refractivity contribution in [3.63, 3.8) is 0 Å². The summed E-state index contributed by atoms with van der Waals surface area (Å²) in [5.41, 5.74) is 2.54. The van der Waals surface area contributed by atoms with Crippen molar-refractivity contribution in [3.8, 4) is 5.69 Å². The van der Waals surface area contributed by atoms with E-state index in [1.54, 1.807) is 16.2 Å². The Morgan fingerprint density at radius 2 is 2.15 bits per heavy atom. The molecule has 27 heavy (non-hydrogen) atoms. The van der Waals surface area contributed by atoms with E-state index in [4.69, 9.17) is 0 Å². The second kappa shape index (κ2) is 5.36. The van der Waals surface area contributed by atoms with Crippen molar-refractivity contribution in [1.82, 2.24) is 30.0 Å². The molecule has 1 N–H and O–H groups in total. The number of hydrogen-bond donors (Lipinski definition) is 1. The minimum absolute atomic E-state index is 0.221. The molecule has 0 amide bonds. The summed E-state index contributed by atoms with van der Waals surface area (Å²) in [5, 5.41) is 15.6. The predicted octanol–water partition coefficient (Wildman–Crippen LogP) is 1.44. The van der Waals surface area contributed by atoms with Crippen LogP contribution in [0.4, 0.5) is 10.2 Å². The molecular weight excluding hydrogens is 349 g/mol. The first-order valence-electron chi connectivity index (χ1n) is 8.91. The van der Waals surface area contributed by atoms with E-state index in [-0.39, 0.29) is 12.2 Å². The highest BCUT2D eigenvalue weighted by atomic mass is 19.1. The topological polar surface area (TPSA) is 79.4 Å². The Morgan fingerprint density at radius 3 is 3.04 bits per heavy atom. The molecule has 9 nitrogen and oxygen atoms in total. The Balaban J connectivity index is 1.44. The molecule has 1 aromatic carbocycles. The minimum atomic E-state index is -0.558. The normalized spacial score (nSPS) is 22.9. The largest absolute Gasteiger partial charge is 0.309 e. The number of hydrazine groups is 1. The lowest BCUT2D eigenvalue weighted by atomic mass is 10.1. The van der Waals surface area contributed by atoms with Gasteiger partial charge in [0.25, 0.3) is 6.08 Å². The summed E-state index contributed by atoms with van der Waals surface area (Å²) in [4.78, 5) is 10.1. The summed E-state index contributed by atoms with van der Waals surface area (Å²) < 4.78 is 15.9. The molecule has 136 valence electrons. The molecule has 1 saturated heterocycles. The minimum Gasteiger partial charge on any atom is -0.309 e. The number of rotatable bonds is 2. The molecule has 1 fully saturated rings. The summed E-state index contributed by atoms with van der Waals surface area (Å²) in [6.45, 7) is 0.992. The van der Waals surface area contributed by atoms with E-state index < -0.39 is 6.08 Å². The maximum Gasteiger partial charge on any atom is 0.295 e. The second-order valence-corrected chi connectivity index (χ2v) is 6.80. The van der Waals surface area contributed by atoms with E-state index in [9.17, 15) is 4.39 Å². The van der Waals surface area contributed by atoms with Gasteiger partial charge in [-0.2, -0.15) is 9.51 Å². The monoisotopic (exact) mass is 365 g/mol. The van der Waals surface area contributed by atoms with Crippen LogP contribution in [-0.2, 0) is 0 Å². The highest BCUT2D eigenvalue weighted by molar-refractivity contribution is 5.78. The van der Waals surface area contributed by atoms with Gasteiger partial charge in [0, 0.05) is 5.56 Å². The number of nitrogens with zero attached hydrogens (tertiary/aromatic N) is 8. The number of halogens is 1. The third-order valence-corrected chi connectivity index (χ3v) is 5.28. The van der Waals surface area contributed by atoms with Gasteiger partial charge in [0.2, 0.25) is 0 Å². The van der Waals surface area contributed by atoms with Gasteiger partial charge in [-0.3, -0.25) is 4.57 Å². The van der Waals surface area contributed by atoms with Crippen molar-refractivity contribution in [1.29, 1.82) is 0 Å². The molecule has 6 rings (SSSR count). The van der Waals surface area contributed by atoms with Crippen molar-refractivity contribution < 1.29 is 4.39 Å². The molecule has 0 saturated carbocycles. The number of imidazole rings is 1. The van der Waals surface area contributed by atoms with E-state index in [0.29, 0.717) is 5.82 Å². The lowest BCUT2D eigenvalue weighted by Gasteiger charge is -2.36. The molecule has 2 aromatic heterocycles. The van der Waals surface area contributed by atoms with Gasteiger partial charge in [0.15, 0.2) is 12.0 Å². The number of para-hydroxylation sites is 1. The van der Waals surface area contributed by atoms with Crippen LogP contribution in [0.1, 0.15) is 36.3 Å². The second-order valence-electron chi connectivity index (χ2n) is 6.80. The molecule has 3 aromatic rings. The molecule has 0 spiro atoms. The average molecular weight is 365 g/mol. The summed E-state index contributed by atoms with van der Waals surface area (Å²) >= 11 is 0. The SMILES string of the molecule is Fc1ncc2n1-c1ccccc1C1N=CN(n3cc(C4CCCN4)nn3)N21. The first-order chi connectivity index (χ1) is 13.3. The number of aromatic nitrogens is 5. The maximum absolute atomic E-state index is 14.4. The van der Waals surface area contributed by atoms with Gasteiger partial charge in [0.1, 0.15) is 12.0 Å². The van der Waals surface area contributed by atoms with Gasteiger partial charge in [0.05, 0.1) is 24.1 Å². The van der Waals surface area contributed by atoms with Crippen LogP contribution in [0.3, 0.4) is 0 Å². The van der Waals surface area contributed by atoms with Crippen LogP contribution in [0.15, 0.2) is 41.7 Å². The van der Waals surface area contributed by atoms with Gasteiger partial charge >= 0.3 is 0 Å². The lowest BCUT2D eigenvalue weighted by molar-refractivity contribution is 0.495. The fourth-order valence-electron chi connectivity index (χ4n) is 4.03. The highest BCUT2D eigenvalue weighted by Gasteiger charge is 2.40. The van der Waals surface area contributed by atoms with Crippen LogP contribution in [-0.4, -0.2) is 37.5 Å². The van der Waals surface area contributed by atoms with E-state index >= 15 is 0 Å². The van der Waals surface area contributed by atoms with Gasteiger partial charge in [-0.15, -0.1) is 9.89 Å². The maximum atomic E-state index is 14.4. The fourth-order valence-corrected chi connectivity index (χ4v) is 4.03. The van der Waals surface area contributed by atoms with Crippen molar-refractivity contribution in [2.45, 2.75) is 25.0 Å². The average Bonchev–Trinajstić information content (AvgIpc) is 3.46. The number of hydrogen-bond acceptors (Lipinski definition) is 7. The predicted molar refractivity (Wildman–Crippen MR) is 95.5 cm³/mol. The van der Waals surface area contributed by atoms with Crippen molar-refractivity contribution >= 4 is 12.2 Å². The highest BCUT2D eigenvalue weighted by Crippen LogP contribution is 2.41. The summed E-state index contributed by atoms with van der Waals surface area (Å²) in [6.07, 6.45) is 6.39. The Hall–Kier alpha value is -3.27. The van der Waals surface area contributed by atoms with Gasteiger partial charge in [-0.25, -0.2) is 15.0 Å². The number of fused-ring (bicyclic) bond motifs is 6. The zero-order valence-corrected chi connectivity index (χ0v) is 14.3. The quantitative estimate of drug-likeness (QED) is 0.740. The Bertz CT molecular complexity index is 1050. The summed E-state index contributed by atoms with van der Waals surface area (Å²) in [7, 11) is 0. The fraction of sp³-hybridized carbons (Fsp3) is 0.294. The smallest absolute Gasteiger partial charge is 0.295 e. The number of aliphatic imine (C=N–C) groups is 1. The standard InChI is InChI=1S/C17H16FN9/c18-17-20-8-15-26(17)14-6-2-1-4-11(14)16-21-10-25(27(15)16)24-9-13(22-23-24)12-5-3-7-19-12/h1-2,4,6,8-10,12,16,19H,3,5,7H2. The van der Waals surface area contributed by atoms with E-state index in [1.807, 2.05) is 35.5 Å². The number of anilines is 1. The number of nitrogens with one attached hydrogen (secondary N) is 1. The molecule has 3 aliphatic rings. The van der Waals surface area contributed by atoms with E-state index in [1.165, 1.54) is 10.8 Å². The Morgan fingerprint density at radius 1 is 1.22 bits per heavy atom. The third-order valence-electron chi connectivity index (χ3n) is 5.28. The molecule has 0 bridgehead atoms. The number of benzene rings is 1. The molecule has 5 heterocycles. The van der Waals surface area contributed by atoms with Crippen molar-refractivity contribution in [2.75, 3.05) is 16.7 Å². The van der Waals surface area contributed by atoms with Crippen LogP contribution in [0.2, 0.25) is 0 Å². The van der Waals surface area contributed by atoms with Crippen LogP contribution in [0, 0.1) is 6.08 Å².